The van der Waals surface area contributed by atoms with Crippen LogP contribution in [0.15, 0.2) is 0 Å². The zero-order valence-corrected chi connectivity index (χ0v) is 22.7. The van der Waals surface area contributed by atoms with Gasteiger partial charge in [0, 0.05) is 19.3 Å². The summed E-state index contributed by atoms with van der Waals surface area (Å²) in [5, 5.41) is 22.3. The second-order valence-electron chi connectivity index (χ2n) is 9.47. The molecule has 0 bridgehead atoms. The van der Waals surface area contributed by atoms with Gasteiger partial charge >= 0.3 is 11.9 Å². The molecule has 10 heteroatoms. The molecule has 0 aliphatic rings. The van der Waals surface area contributed by atoms with Gasteiger partial charge in [-0.2, -0.15) is 0 Å². The molecule has 0 radical (unpaired) electrons. The van der Waals surface area contributed by atoms with E-state index in [4.69, 9.17) is 5.11 Å². The summed E-state index contributed by atoms with van der Waals surface area (Å²) in [6, 6.07) is -1.89. The Morgan fingerprint density at radius 2 is 1.00 bits per heavy atom. The molecule has 2 atom stereocenters. The maximum atomic E-state index is 12.1. The van der Waals surface area contributed by atoms with Crippen LogP contribution in [0.4, 0.5) is 0 Å². The largest absolute Gasteiger partial charge is 0.481 e. The summed E-state index contributed by atoms with van der Waals surface area (Å²) in [6.07, 6.45) is 15.6. The second kappa shape index (κ2) is 22.1. The Morgan fingerprint density at radius 1 is 0.611 bits per heavy atom. The summed E-state index contributed by atoms with van der Waals surface area (Å²) >= 11 is 3.63. The van der Waals surface area contributed by atoms with Gasteiger partial charge in [0.05, 0.1) is 6.04 Å². The predicted molar refractivity (Wildman–Crippen MR) is 142 cm³/mol. The highest BCUT2D eigenvalue weighted by atomic mass is 32.1. The number of amides is 2. The van der Waals surface area contributed by atoms with Gasteiger partial charge in [0.15, 0.2) is 0 Å². The van der Waals surface area contributed by atoms with Gasteiger partial charge in [-0.25, -0.2) is 4.79 Å². The average Bonchev–Trinajstić information content (AvgIpc) is 2.80. The SMILES string of the molecule is C[C@H](NC(=O)CCC(NC(=O)CCCCCCCCCCCCCCCCC(=O)O)C(=O)O)C(=O)S. The maximum Gasteiger partial charge on any atom is 0.326 e. The number of carbonyl (C=O) groups is 5. The lowest BCUT2D eigenvalue weighted by molar-refractivity contribution is -0.142. The molecule has 1 unspecified atom stereocenters. The van der Waals surface area contributed by atoms with E-state index in [1.54, 1.807) is 0 Å². The third kappa shape index (κ3) is 21.2. The van der Waals surface area contributed by atoms with Crippen molar-refractivity contribution >= 4 is 41.5 Å². The van der Waals surface area contributed by atoms with Gasteiger partial charge in [0.1, 0.15) is 6.04 Å². The first-order valence-corrected chi connectivity index (χ1v) is 13.8. The Bertz CT molecular complexity index is 673. The van der Waals surface area contributed by atoms with E-state index in [1.807, 2.05) is 0 Å². The van der Waals surface area contributed by atoms with Gasteiger partial charge < -0.3 is 20.8 Å². The molecule has 0 heterocycles. The molecular weight excluding hydrogens is 484 g/mol. The van der Waals surface area contributed by atoms with Crippen molar-refractivity contribution in [1.82, 2.24) is 10.6 Å². The van der Waals surface area contributed by atoms with Gasteiger partial charge in [-0.1, -0.05) is 77.0 Å². The minimum absolute atomic E-state index is 0.0484. The smallest absolute Gasteiger partial charge is 0.326 e. The minimum atomic E-state index is -1.19. The minimum Gasteiger partial charge on any atom is -0.481 e. The van der Waals surface area contributed by atoms with Gasteiger partial charge in [0.25, 0.3) is 0 Å². The number of thiol groups is 1. The van der Waals surface area contributed by atoms with Crippen LogP contribution in [0, 0.1) is 0 Å². The molecule has 0 rings (SSSR count). The van der Waals surface area contributed by atoms with E-state index in [9.17, 15) is 29.1 Å². The second-order valence-corrected chi connectivity index (χ2v) is 9.91. The van der Waals surface area contributed by atoms with Crippen molar-refractivity contribution in [2.45, 2.75) is 135 Å². The lowest BCUT2D eigenvalue weighted by atomic mass is 10.0. The summed E-state index contributed by atoms with van der Waals surface area (Å²) in [6.45, 7) is 1.49. The molecule has 0 aromatic rings. The van der Waals surface area contributed by atoms with Crippen LogP contribution in [0.3, 0.4) is 0 Å². The first-order chi connectivity index (χ1) is 17.1. The van der Waals surface area contributed by atoms with Crippen molar-refractivity contribution in [3.8, 4) is 0 Å². The Balaban J connectivity index is 3.67. The molecule has 0 aliphatic heterocycles. The van der Waals surface area contributed by atoms with Crippen LogP contribution in [0.1, 0.15) is 122 Å². The number of hydrogen-bond donors (Lipinski definition) is 5. The molecule has 208 valence electrons. The zero-order valence-electron chi connectivity index (χ0n) is 21.8. The topological polar surface area (TPSA) is 150 Å². The van der Waals surface area contributed by atoms with Gasteiger partial charge in [-0.15, -0.1) is 12.6 Å². The molecule has 0 aromatic carbocycles. The van der Waals surface area contributed by atoms with Gasteiger partial charge in [0.2, 0.25) is 16.9 Å². The summed E-state index contributed by atoms with van der Waals surface area (Å²) in [5.41, 5.74) is 0. The molecular formula is C26H46N2O7S. The van der Waals surface area contributed by atoms with Crippen molar-refractivity contribution in [3.63, 3.8) is 0 Å². The maximum absolute atomic E-state index is 12.1. The molecule has 0 saturated carbocycles. The number of nitrogens with one attached hydrogen (secondary N) is 2. The first kappa shape index (κ1) is 33.9. The zero-order chi connectivity index (χ0) is 27.2. The van der Waals surface area contributed by atoms with Gasteiger partial charge in [-0.3, -0.25) is 19.2 Å². The van der Waals surface area contributed by atoms with E-state index in [0.717, 1.165) is 38.5 Å². The number of rotatable bonds is 24. The quantitative estimate of drug-likeness (QED) is 0.0902. The molecule has 36 heavy (non-hydrogen) atoms. The molecule has 2 amide bonds. The fraction of sp³-hybridized carbons (Fsp3) is 0.808. The number of hydrogen-bond acceptors (Lipinski definition) is 5. The Labute approximate surface area is 221 Å². The van der Waals surface area contributed by atoms with Crippen molar-refractivity contribution < 1.29 is 34.2 Å². The average molecular weight is 531 g/mol. The lowest BCUT2D eigenvalue weighted by Gasteiger charge is -2.15. The van der Waals surface area contributed by atoms with Crippen LogP contribution in [-0.4, -0.2) is 51.2 Å². The van der Waals surface area contributed by atoms with E-state index in [1.165, 1.54) is 51.9 Å². The normalized spacial score (nSPS) is 12.5. The van der Waals surface area contributed by atoms with Crippen LogP contribution in [0.25, 0.3) is 0 Å². The lowest BCUT2D eigenvalue weighted by Crippen LogP contribution is -2.42. The molecule has 4 N–H and O–H groups in total. The summed E-state index contributed by atoms with van der Waals surface area (Å²) in [7, 11) is 0. The number of carboxylic acid groups (broad SMARTS) is 2. The fourth-order valence-electron chi connectivity index (χ4n) is 3.86. The van der Waals surface area contributed by atoms with Crippen molar-refractivity contribution in [1.29, 1.82) is 0 Å². The predicted octanol–water partition coefficient (Wildman–Crippen LogP) is 4.62. The summed E-state index contributed by atoms with van der Waals surface area (Å²) < 4.78 is 0. The standard InChI is InChI=1S/C26H46N2O7S/c1-20(26(35)36)27-23(30)19-18-21(25(33)34)28-22(29)16-14-12-10-8-6-4-2-3-5-7-9-11-13-15-17-24(31)32/h20-21H,2-19H2,1H3,(H,27,30)(H,28,29)(H,31,32)(H,33,34)(H,35,36)/t20-,21?/m0/s1. The molecule has 0 fully saturated rings. The summed E-state index contributed by atoms with van der Waals surface area (Å²) in [5.74, 6) is -2.69. The molecule has 0 spiro atoms. The van der Waals surface area contributed by atoms with Crippen LogP contribution >= 0.6 is 12.6 Å². The molecule has 0 aliphatic carbocycles. The van der Waals surface area contributed by atoms with Crippen molar-refractivity contribution in [3.05, 3.63) is 0 Å². The van der Waals surface area contributed by atoms with Crippen LogP contribution in [0.5, 0.6) is 0 Å². The van der Waals surface area contributed by atoms with Gasteiger partial charge in [-0.05, 0) is 26.2 Å². The van der Waals surface area contributed by atoms with Crippen molar-refractivity contribution in [2.24, 2.45) is 0 Å². The Morgan fingerprint density at radius 3 is 1.39 bits per heavy atom. The molecule has 9 nitrogen and oxygen atoms in total. The van der Waals surface area contributed by atoms with E-state index >= 15 is 0 Å². The van der Waals surface area contributed by atoms with Crippen LogP contribution in [-0.2, 0) is 24.0 Å². The van der Waals surface area contributed by atoms with Crippen molar-refractivity contribution in [2.75, 3.05) is 0 Å². The number of carbonyl (C=O) groups excluding carboxylic acids is 3. The van der Waals surface area contributed by atoms with Crippen LogP contribution < -0.4 is 10.6 Å². The summed E-state index contributed by atoms with van der Waals surface area (Å²) in [4.78, 5) is 56.7. The number of carboxylic acids is 2. The van der Waals surface area contributed by atoms with E-state index in [-0.39, 0.29) is 31.6 Å². The molecule has 0 saturated heterocycles. The van der Waals surface area contributed by atoms with Crippen LogP contribution in [0.2, 0.25) is 0 Å². The van der Waals surface area contributed by atoms with E-state index < -0.39 is 35.0 Å². The third-order valence-corrected chi connectivity index (χ3v) is 6.47. The first-order valence-electron chi connectivity index (χ1n) is 13.4. The highest BCUT2D eigenvalue weighted by Gasteiger charge is 2.21. The third-order valence-electron chi connectivity index (χ3n) is 6.09. The van der Waals surface area contributed by atoms with E-state index in [2.05, 4.69) is 23.3 Å². The highest BCUT2D eigenvalue weighted by molar-refractivity contribution is 7.96. The molecule has 0 aromatic heterocycles. The Hall–Kier alpha value is -2.10. The number of unbranched alkanes of at least 4 members (excludes halogenated alkanes) is 13. The number of aliphatic carboxylic acids is 2. The monoisotopic (exact) mass is 530 g/mol. The Kier molecular flexibility index (Phi) is 20.8. The fourth-order valence-corrected chi connectivity index (χ4v) is 3.92. The highest BCUT2D eigenvalue weighted by Crippen LogP contribution is 2.14. The van der Waals surface area contributed by atoms with E-state index in [0.29, 0.717) is 6.42 Å².